The van der Waals surface area contributed by atoms with Gasteiger partial charge in [-0.15, -0.1) is 0 Å². The van der Waals surface area contributed by atoms with Gasteiger partial charge in [-0.3, -0.25) is 0 Å². The fraction of sp³-hybridized carbons (Fsp3) is 0.176. The Morgan fingerprint density at radius 2 is 1.58 bits per heavy atom. The lowest BCUT2D eigenvalue weighted by molar-refractivity contribution is 0.605. The number of para-hydroxylation sites is 1. The molecule has 0 saturated heterocycles. The molecule has 5 aliphatic rings. The smallest absolute Gasteiger partial charge is 0.0551 e. The number of hydrogen-bond acceptors (Lipinski definition) is 1. The Hall–Kier alpha value is -6.22. The normalized spacial score (nSPS) is 21.4. The van der Waals surface area contributed by atoms with Crippen LogP contribution in [0.1, 0.15) is 49.1 Å². The Bertz CT molecular complexity index is 2600. The zero-order valence-electron chi connectivity index (χ0n) is 30.2. The van der Waals surface area contributed by atoms with Crippen LogP contribution in [0.2, 0.25) is 0 Å². The van der Waals surface area contributed by atoms with Crippen molar-refractivity contribution >= 4 is 22.7 Å². The van der Waals surface area contributed by atoms with Crippen LogP contribution in [0.25, 0.3) is 33.8 Å². The van der Waals surface area contributed by atoms with Crippen LogP contribution in [-0.2, 0) is 11.8 Å². The summed E-state index contributed by atoms with van der Waals surface area (Å²) in [7, 11) is 0. The van der Waals surface area contributed by atoms with Gasteiger partial charge < -0.3 is 9.47 Å². The number of benzene rings is 3. The average Bonchev–Trinajstić information content (AvgIpc) is 3.67. The lowest BCUT2D eigenvalue weighted by atomic mass is 9.82. The Balaban J connectivity index is 0.967. The van der Waals surface area contributed by atoms with E-state index >= 15 is 0 Å². The maximum Gasteiger partial charge on any atom is 0.0551 e. The van der Waals surface area contributed by atoms with Crippen LogP contribution in [0.4, 0.5) is 5.69 Å². The van der Waals surface area contributed by atoms with E-state index in [1.54, 1.807) is 0 Å². The minimum Gasteiger partial charge on any atom is -0.358 e. The van der Waals surface area contributed by atoms with E-state index in [9.17, 15) is 0 Å². The monoisotopic (exact) mass is 680 g/mol. The molecule has 0 saturated carbocycles. The first-order chi connectivity index (χ1) is 26.0. The van der Waals surface area contributed by atoms with E-state index in [1.807, 2.05) is 24.3 Å². The highest BCUT2D eigenvalue weighted by atomic mass is 15.2. The number of allylic oxidation sites excluding steroid dienone is 9. The first kappa shape index (κ1) is 31.5. The lowest BCUT2D eigenvalue weighted by Gasteiger charge is -2.40. The molecule has 0 N–H and O–H groups in total. The van der Waals surface area contributed by atoms with E-state index in [-0.39, 0.29) is 17.5 Å². The van der Waals surface area contributed by atoms with Gasteiger partial charge in [-0.25, -0.2) is 0 Å². The molecule has 10 rings (SSSR count). The van der Waals surface area contributed by atoms with Crippen LogP contribution in [-0.4, -0.2) is 16.7 Å². The van der Waals surface area contributed by atoms with Crippen molar-refractivity contribution in [1.82, 2.24) is 4.57 Å². The van der Waals surface area contributed by atoms with Crippen molar-refractivity contribution in [3.8, 4) is 16.8 Å². The number of nitrogens with zero attached hydrogens (tertiary/aromatic N) is 2. The fourth-order valence-electron chi connectivity index (χ4n) is 9.34. The second-order valence-corrected chi connectivity index (χ2v) is 15.3. The molecule has 0 radical (unpaired) electrons. The zero-order valence-corrected chi connectivity index (χ0v) is 30.2. The number of aromatic nitrogens is 1. The lowest BCUT2D eigenvalue weighted by Crippen LogP contribution is -2.42. The maximum atomic E-state index is 3.16. The van der Waals surface area contributed by atoms with Gasteiger partial charge in [0.05, 0.1) is 23.3 Å². The second kappa shape index (κ2) is 12.5. The van der Waals surface area contributed by atoms with Crippen LogP contribution >= 0.6 is 0 Å². The summed E-state index contributed by atoms with van der Waals surface area (Å²) in [6, 6.07) is 37.8. The number of hydrogen-bond donors (Lipinski definition) is 0. The molecule has 254 valence electrons. The molecule has 0 bridgehead atoms. The third-order valence-corrected chi connectivity index (χ3v) is 12.0. The van der Waals surface area contributed by atoms with Gasteiger partial charge in [-0.2, -0.15) is 0 Å². The van der Waals surface area contributed by atoms with Crippen LogP contribution < -0.4 is 4.90 Å². The molecular weight excluding hydrogens is 641 g/mol. The van der Waals surface area contributed by atoms with Crippen LogP contribution in [0.5, 0.6) is 0 Å². The number of rotatable bonds is 6. The second-order valence-electron chi connectivity index (χ2n) is 15.3. The fourth-order valence-corrected chi connectivity index (χ4v) is 9.34. The minimum absolute atomic E-state index is 0.0497. The highest BCUT2D eigenvalue weighted by molar-refractivity contribution is 5.91. The summed E-state index contributed by atoms with van der Waals surface area (Å²) in [6.07, 6.45) is 28.3. The van der Waals surface area contributed by atoms with E-state index in [0.717, 1.165) is 24.9 Å². The summed E-state index contributed by atoms with van der Waals surface area (Å²) in [4.78, 5) is 2.68. The predicted molar refractivity (Wildman–Crippen MR) is 219 cm³/mol. The molecule has 3 atom stereocenters. The van der Waals surface area contributed by atoms with E-state index in [1.165, 1.54) is 66.8 Å². The van der Waals surface area contributed by atoms with Crippen molar-refractivity contribution in [3.63, 3.8) is 0 Å². The van der Waals surface area contributed by atoms with Crippen molar-refractivity contribution in [2.45, 2.75) is 50.6 Å². The molecule has 1 heterocycles. The highest BCUT2D eigenvalue weighted by Crippen LogP contribution is 2.50. The van der Waals surface area contributed by atoms with Gasteiger partial charge in [0.1, 0.15) is 0 Å². The molecule has 2 nitrogen and oxygen atoms in total. The third-order valence-electron chi connectivity index (χ3n) is 12.0. The third kappa shape index (κ3) is 5.21. The molecule has 2 heteroatoms. The molecule has 3 unspecified atom stereocenters. The maximum absolute atomic E-state index is 3.16. The Morgan fingerprint density at radius 3 is 2.38 bits per heavy atom. The summed E-state index contributed by atoms with van der Waals surface area (Å²) >= 11 is 0. The van der Waals surface area contributed by atoms with Gasteiger partial charge in [0.25, 0.3) is 0 Å². The van der Waals surface area contributed by atoms with Gasteiger partial charge in [0.15, 0.2) is 0 Å². The molecule has 0 aliphatic heterocycles. The predicted octanol–water partition coefficient (Wildman–Crippen LogP) is 11.5. The van der Waals surface area contributed by atoms with Crippen LogP contribution in [0, 0.1) is 18.1 Å². The van der Waals surface area contributed by atoms with Gasteiger partial charge >= 0.3 is 0 Å². The summed E-state index contributed by atoms with van der Waals surface area (Å²) in [5, 5.41) is 1.33. The van der Waals surface area contributed by atoms with Gasteiger partial charge in [-0.1, -0.05) is 129 Å². The largest absolute Gasteiger partial charge is 0.358 e. The number of fused-ring (bicyclic) bond motifs is 6. The van der Waals surface area contributed by atoms with Crippen molar-refractivity contribution in [1.29, 1.82) is 0 Å². The quantitative estimate of drug-likeness (QED) is 0.162. The standard InChI is InChI=1S/C51H40N2/c1-51(2)47-19-11-9-17-43(47)44-31-30-42(34-48(44)51)52(40-26-21-36(22-27-40)35-13-5-3-6-14-35)41-28-23-37(24-29-41)38-25-32-50-46(33-38)45-18-10-12-20-49(45)53(50)39-15-7-4-8-16-39/h5,7,9-26,28,30-32,34,38,40-41H,27,29,33H2,1-2H3. The highest BCUT2D eigenvalue weighted by Gasteiger charge is 2.37. The molecule has 1 aromatic heterocycles. The van der Waals surface area contributed by atoms with Crippen LogP contribution in [0.3, 0.4) is 0 Å². The Kier molecular flexibility index (Phi) is 7.42. The molecule has 0 amide bonds. The molecule has 0 fully saturated rings. The first-order valence-corrected chi connectivity index (χ1v) is 18.9. The molecule has 5 aromatic rings. The van der Waals surface area contributed by atoms with Crippen molar-refractivity contribution in [2.24, 2.45) is 5.92 Å². The topological polar surface area (TPSA) is 8.17 Å². The molecule has 0 spiro atoms. The zero-order chi connectivity index (χ0) is 35.5. The average molecular weight is 681 g/mol. The Labute approximate surface area is 312 Å². The summed E-state index contributed by atoms with van der Waals surface area (Å²) in [5.41, 5.74) is 21.9. The van der Waals surface area contributed by atoms with Gasteiger partial charge in [-0.05, 0) is 118 Å². The molecular formula is C51H40N2. The SMILES string of the molecule is CC1(C)c2ccccc2-c2ccc(N(C3C=CC(C4=CC=C=C=C4)=CC3)C3C=CC(C4C=Cc5c(c6ccccc6n5-c5cc#ccc5)C4)=CC3)cc21. The van der Waals surface area contributed by atoms with E-state index < -0.39 is 0 Å². The van der Waals surface area contributed by atoms with Crippen LogP contribution in [0.15, 0.2) is 174 Å². The molecule has 5 aliphatic carbocycles. The van der Waals surface area contributed by atoms with Crippen molar-refractivity contribution < 1.29 is 0 Å². The summed E-state index contributed by atoms with van der Waals surface area (Å²) in [5.74, 6) is 0.336. The minimum atomic E-state index is -0.0497. The first-order valence-electron chi connectivity index (χ1n) is 18.9. The summed E-state index contributed by atoms with van der Waals surface area (Å²) < 4.78 is 2.38. The molecule has 4 aromatic carbocycles. The summed E-state index contributed by atoms with van der Waals surface area (Å²) in [6.45, 7) is 4.76. The van der Waals surface area contributed by atoms with Crippen molar-refractivity contribution in [2.75, 3.05) is 4.90 Å². The van der Waals surface area contributed by atoms with E-state index in [4.69, 9.17) is 0 Å². The van der Waals surface area contributed by atoms with E-state index in [2.05, 4.69) is 174 Å². The van der Waals surface area contributed by atoms with Crippen molar-refractivity contribution in [3.05, 3.63) is 208 Å². The molecule has 53 heavy (non-hydrogen) atoms. The van der Waals surface area contributed by atoms with Gasteiger partial charge in [0.2, 0.25) is 0 Å². The van der Waals surface area contributed by atoms with Gasteiger partial charge in [0, 0.05) is 34.2 Å². The Morgan fingerprint density at radius 1 is 0.755 bits per heavy atom. The number of anilines is 1. The van der Waals surface area contributed by atoms with E-state index in [0.29, 0.717) is 5.92 Å².